The number of halogens is 2. The van der Waals surface area contributed by atoms with Gasteiger partial charge in [-0.3, -0.25) is 14.5 Å². The van der Waals surface area contributed by atoms with Gasteiger partial charge in [0.1, 0.15) is 17.7 Å². The van der Waals surface area contributed by atoms with Crippen molar-refractivity contribution in [3.05, 3.63) is 64.7 Å². The Balaban J connectivity index is 0.00000380. The molecule has 0 unspecified atom stereocenters. The van der Waals surface area contributed by atoms with Crippen LogP contribution in [0.2, 0.25) is 0 Å². The van der Waals surface area contributed by atoms with Crippen LogP contribution in [0, 0.1) is 19.3 Å². The third-order valence-electron chi connectivity index (χ3n) is 6.02. The molecule has 0 bridgehead atoms. The van der Waals surface area contributed by atoms with E-state index >= 15 is 0 Å². The van der Waals surface area contributed by atoms with Gasteiger partial charge in [0.25, 0.3) is 0 Å². The minimum absolute atomic E-state index is 0. The molecular weight excluding hydrogens is 563 g/mol. The number of anilines is 1. The van der Waals surface area contributed by atoms with Gasteiger partial charge in [0.2, 0.25) is 10.0 Å². The Labute approximate surface area is 243 Å². The second kappa shape index (κ2) is 15.7. The lowest BCUT2D eigenvalue weighted by atomic mass is 10.1. The summed E-state index contributed by atoms with van der Waals surface area (Å²) in [6, 6.07) is 10.6. The fraction of sp³-hybridized carbons (Fsp3) is 0.407. The molecule has 1 saturated heterocycles. The number of hydrogen-bond acceptors (Lipinski definition) is 7. The number of piperidine rings is 1. The van der Waals surface area contributed by atoms with E-state index in [9.17, 15) is 13.2 Å². The van der Waals surface area contributed by atoms with E-state index in [0.29, 0.717) is 11.3 Å². The van der Waals surface area contributed by atoms with Gasteiger partial charge >= 0.3 is 5.97 Å². The zero-order chi connectivity index (χ0) is 27.0. The van der Waals surface area contributed by atoms with Crippen LogP contribution in [0.15, 0.2) is 42.5 Å². The smallest absolute Gasteiger partial charge is 0.323 e. The molecule has 1 heterocycles. The Morgan fingerprint density at radius 1 is 1.15 bits per heavy atom. The predicted octanol–water partition coefficient (Wildman–Crippen LogP) is 3.97. The lowest BCUT2D eigenvalue weighted by molar-refractivity contribution is -0.139. The maximum absolute atomic E-state index is 13.3. The minimum Gasteiger partial charge on any atom is -0.490 e. The summed E-state index contributed by atoms with van der Waals surface area (Å²) in [5.74, 6) is -0.855. The molecule has 0 aliphatic carbocycles. The van der Waals surface area contributed by atoms with E-state index < -0.39 is 21.7 Å². The number of nitrogens with one attached hydrogen (secondary N) is 2. The molecule has 3 rings (SSSR count). The number of amidine groups is 1. The van der Waals surface area contributed by atoms with E-state index in [1.54, 1.807) is 49.4 Å². The second-order valence-corrected chi connectivity index (χ2v) is 10.9. The maximum atomic E-state index is 13.3. The molecule has 2 aromatic rings. The summed E-state index contributed by atoms with van der Waals surface area (Å²) in [6.07, 6.45) is 5.40. The van der Waals surface area contributed by atoms with Crippen LogP contribution in [-0.2, 0) is 19.6 Å². The Bertz CT molecular complexity index is 1240. The van der Waals surface area contributed by atoms with Gasteiger partial charge in [-0.2, -0.15) is 0 Å². The van der Waals surface area contributed by atoms with Gasteiger partial charge in [0.15, 0.2) is 5.75 Å². The number of rotatable bonds is 11. The fourth-order valence-corrected chi connectivity index (χ4v) is 5.52. The maximum Gasteiger partial charge on any atom is 0.323 e. The first-order chi connectivity index (χ1) is 17.6. The Morgan fingerprint density at radius 2 is 1.79 bits per heavy atom. The highest BCUT2D eigenvalue weighted by molar-refractivity contribution is 7.93. The molecule has 0 aromatic heterocycles. The number of hydrogen-bond donors (Lipinski definition) is 3. The molecule has 0 spiro atoms. The largest absolute Gasteiger partial charge is 0.490 e. The Kier molecular flexibility index (Phi) is 13.8. The molecule has 4 N–H and O–H groups in total. The van der Waals surface area contributed by atoms with Gasteiger partial charge in [0, 0.05) is 5.56 Å². The van der Waals surface area contributed by atoms with Crippen molar-refractivity contribution in [2.75, 3.05) is 36.3 Å². The standard InChI is InChI=1S/C27H36N4O5S.2ClH/c1-4-35-25(32)18-37(33,34)31(14-6-8-21-7-5-9-22(17-21)27(28)29)23-15-19(2)26(20(3)16-23)36-24-10-12-30-13-11-24;;/h5-9,15-17,24,30H,4,10-14,18H2,1-3H3,(H3,28,29);2*1H/b8-6+;;. The van der Waals surface area contributed by atoms with Crippen molar-refractivity contribution in [2.45, 2.75) is 39.7 Å². The summed E-state index contributed by atoms with van der Waals surface area (Å²) < 4.78 is 39.1. The highest BCUT2D eigenvalue weighted by Gasteiger charge is 2.27. The normalized spacial score (nSPS) is 13.7. The first-order valence-corrected chi connectivity index (χ1v) is 14.0. The Morgan fingerprint density at radius 3 is 2.38 bits per heavy atom. The van der Waals surface area contributed by atoms with Crippen molar-refractivity contribution in [3.63, 3.8) is 0 Å². The topological polar surface area (TPSA) is 135 Å². The molecule has 0 atom stereocenters. The molecular formula is C27H38Cl2N4O5S. The lowest BCUT2D eigenvalue weighted by Gasteiger charge is -2.28. The molecule has 2 aromatic carbocycles. The third-order valence-corrected chi connectivity index (χ3v) is 7.66. The first-order valence-electron chi connectivity index (χ1n) is 12.4. The number of nitrogen functional groups attached to an aromatic ring is 1. The fourth-order valence-electron chi connectivity index (χ4n) is 4.24. The van der Waals surface area contributed by atoms with Gasteiger partial charge in [-0.25, -0.2) is 8.42 Å². The SMILES string of the molecule is CCOC(=O)CS(=O)(=O)N(C/C=C/c1cccc(C(=N)N)c1)c1cc(C)c(OC2CCNCC2)c(C)c1.Cl.Cl. The van der Waals surface area contributed by atoms with E-state index in [0.717, 1.165) is 48.4 Å². The molecule has 9 nitrogen and oxygen atoms in total. The van der Waals surface area contributed by atoms with Crippen LogP contribution < -0.4 is 20.1 Å². The molecule has 216 valence electrons. The van der Waals surface area contributed by atoms with Crippen LogP contribution in [-0.4, -0.2) is 58.3 Å². The Hall–Kier alpha value is -2.79. The molecule has 0 saturated carbocycles. The summed E-state index contributed by atoms with van der Waals surface area (Å²) in [7, 11) is -4.04. The number of carbonyl (C=O) groups is 1. The van der Waals surface area contributed by atoms with E-state index in [1.807, 2.05) is 19.9 Å². The summed E-state index contributed by atoms with van der Waals surface area (Å²) in [6.45, 7) is 7.33. The molecule has 0 amide bonds. The van der Waals surface area contributed by atoms with E-state index in [4.69, 9.17) is 20.6 Å². The number of nitrogens with two attached hydrogens (primary N) is 1. The van der Waals surface area contributed by atoms with Crippen molar-refractivity contribution in [3.8, 4) is 5.75 Å². The number of esters is 1. The van der Waals surface area contributed by atoms with Crippen LogP contribution in [0.3, 0.4) is 0 Å². The van der Waals surface area contributed by atoms with Crippen LogP contribution in [0.25, 0.3) is 6.08 Å². The predicted molar refractivity (Wildman–Crippen MR) is 161 cm³/mol. The highest BCUT2D eigenvalue weighted by Crippen LogP contribution is 2.32. The molecule has 0 radical (unpaired) electrons. The number of benzene rings is 2. The van der Waals surface area contributed by atoms with E-state index in [2.05, 4.69) is 5.32 Å². The lowest BCUT2D eigenvalue weighted by Crippen LogP contribution is -2.36. The number of nitrogens with zero attached hydrogens (tertiary/aromatic N) is 1. The van der Waals surface area contributed by atoms with Crippen molar-refractivity contribution >= 4 is 58.4 Å². The zero-order valence-corrected chi connectivity index (χ0v) is 24.9. The van der Waals surface area contributed by atoms with Crippen LogP contribution in [0.4, 0.5) is 5.69 Å². The van der Waals surface area contributed by atoms with Gasteiger partial charge in [0.05, 0.1) is 18.8 Å². The molecule has 12 heteroatoms. The van der Waals surface area contributed by atoms with Gasteiger partial charge in [-0.15, -0.1) is 24.8 Å². The van der Waals surface area contributed by atoms with Crippen LogP contribution in [0.5, 0.6) is 5.75 Å². The van der Waals surface area contributed by atoms with Gasteiger partial charge < -0.3 is 20.5 Å². The number of carbonyl (C=O) groups excluding carboxylic acids is 1. The number of aryl methyl sites for hydroxylation is 2. The highest BCUT2D eigenvalue weighted by atomic mass is 35.5. The van der Waals surface area contributed by atoms with Crippen LogP contribution >= 0.6 is 24.8 Å². The average Bonchev–Trinajstić information content (AvgIpc) is 2.84. The second-order valence-electron chi connectivity index (χ2n) is 9.01. The summed E-state index contributed by atoms with van der Waals surface area (Å²) >= 11 is 0. The van der Waals surface area contributed by atoms with Crippen LogP contribution in [0.1, 0.15) is 42.0 Å². The van der Waals surface area contributed by atoms with Crippen molar-refractivity contribution in [1.82, 2.24) is 5.32 Å². The zero-order valence-electron chi connectivity index (χ0n) is 22.4. The molecule has 1 fully saturated rings. The first kappa shape index (κ1) is 34.2. The van der Waals surface area contributed by atoms with Crippen molar-refractivity contribution in [2.24, 2.45) is 5.73 Å². The quantitative estimate of drug-likeness (QED) is 0.202. The molecule has 39 heavy (non-hydrogen) atoms. The van der Waals surface area contributed by atoms with Crippen molar-refractivity contribution in [1.29, 1.82) is 5.41 Å². The monoisotopic (exact) mass is 600 g/mol. The van der Waals surface area contributed by atoms with Gasteiger partial charge in [-0.05, 0) is 81.6 Å². The molecule has 1 aliphatic heterocycles. The minimum atomic E-state index is -4.04. The average molecular weight is 602 g/mol. The third kappa shape index (κ3) is 9.72. The summed E-state index contributed by atoms with van der Waals surface area (Å²) in [5.41, 5.74) is 9.01. The number of ether oxygens (including phenoxy) is 2. The summed E-state index contributed by atoms with van der Waals surface area (Å²) in [5, 5.41) is 10.9. The van der Waals surface area contributed by atoms with E-state index in [-0.39, 0.29) is 49.9 Å². The van der Waals surface area contributed by atoms with Crippen molar-refractivity contribution < 1.29 is 22.7 Å². The molecule has 1 aliphatic rings. The number of sulfonamides is 1. The van der Waals surface area contributed by atoms with Gasteiger partial charge in [-0.1, -0.05) is 30.4 Å². The van der Waals surface area contributed by atoms with E-state index in [1.165, 1.54) is 4.31 Å². The summed E-state index contributed by atoms with van der Waals surface area (Å²) in [4.78, 5) is 12.1.